The molecule has 2 aliphatic rings. The minimum absolute atomic E-state index is 0.00305. The van der Waals surface area contributed by atoms with Crippen molar-refractivity contribution >= 4 is 23.4 Å². The van der Waals surface area contributed by atoms with Crippen LogP contribution in [0.3, 0.4) is 0 Å². The Balaban J connectivity index is 1.47. The maximum absolute atomic E-state index is 15.6. The average molecular weight is 705 g/mol. The molecule has 0 aliphatic carbocycles. The number of carbonyl (C=O) groups excluding carboxylic acids is 2. The van der Waals surface area contributed by atoms with Crippen LogP contribution in [0.1, 0.15) is 70.9 Å². The van der Waals surface area contributed by atoms with Gasteiger partial charge in [-0.05, 0) is 114 Å². The summed E-state index contributed by atoms with van der Waals surface area (Å²) < 4.78 is 0. The third-order valence-electron chi connectivity index (χ3n) is 11.0. The van der Waals surface area contributed by atoms with Gasteiger partial charge >= 0.3 is 0 Å². The summed E-state index contributed by atoms with van der Waals surface area (Å²) in [5.41, 5.74) is 6.24. The van der Waals surface area contributed by atoms with E-state index in [4.69, 9.17) is 11.6 Å². The van der Waals surface area contributed by atoms with E-state index in [9.17, 15) is 0 Å². The Labute approximate surface area is 310 Å². The van der Waals surface area contributed by atoms with Crippen LogP contribution in [0.4, 0.5) is 0 Å². The first-order chi connectivity index (χ1) is 24.7. The molecule has 2 aliphatic heterocycles. The lowest BCUT2D eigenvalue weighted by Crippen LogP contribution is -2.51. The monoisotopic (exact) mass is 704 g/mol. The van der Waals surface area contributed by atoms with E-state index in [1.165, 1.54) is 11.1 Å². The average Bonchev–Trinajstić information content (AvgIpc) is 3.14. The van der Waals surface area contributed by atoms with Crippen molar-refractivity contribution in [2.24, 2.45) is 0 Å². The molecule has 268 valence electrons. The Morgan fingerprint density at radius 3 is 1.35 bits per heavy atom. The molecule has 7 heteroatoms. The van der Waals surface area contributed by atoms with Gasteiger partial charge in [-0.15, -0.1) is 0 Å². The molecule has 2 heterocycles. The topological polar surface area (TPSA) is 47.1 Å². The van der Waals surface area contributed by atoms with Gasteiger partial charge in [-0.2, -0.15) is 0 Å². The maximum Gasteiger partial charge on any atom is 0.231 e. The SMILES string of the molecule is Cc1ccc(CN(C(=O)C(c2ccccc2)C(C(=O)N(Cc2ccc(C)cc2)C2CCN(C)CC2)c2ccc(Cl)cc2)C2CCN(C)CC2)cc1. The Morgan fingerprint density at radius 1 is 0.588 bits per heavy atom. The molecule has 2 atom stereocenters. The van der Waals surface area contributed by atoms with Gasteiger partial charge in [0, 0.05) is 30.2 Å². The first-order valence-corrected chi connectivity index (χ1v) is 18.9. The molecule has 0 aromatic heterocycles. The predicted molar refractivity (Wildman–Crippen MR) is 208 cm³/mol. The molecular formula is C44H53ClN4O2. The fourth-order valence-electron chi connectivity index (χ4n) is 7.81. The minimum Gasteiger partial charge on any atom is -0.335 e. The van der Waals surface area contributed by atoms with Crippen molar-refractivity contribution in [3.8, 4) is 0 Å². The second-order valence-corrected chi connectivity index (χ2v) is 15.3. The number of likely N-dealkylation sites (tertiary alicyclic amines) is 2. The largest absolute Gasteiger partial charge is 0.335 e. The molecule has 0 bridgehead atoms. The Morgan fingerprint density at radius 2 is 0.961 bits per heavy atom. The van der Waals surface area contributed by atoms with Crippen LogP contribution in [0.5, 0.6) is 0 Å². The van der Waals surface area contributed by atoms with Crippen LogP contribution in [0, 0.1) is 13.8 Å². The summed E-state index contributed by atoms with van der Waals surface area (Å²) in [5.74, 6) is -1.47. The van der Waals surface area contributed by atoms with Crippen molar-refractivity contribution in [2.75, 3.05) is 40.3 Å². The molecule has 51 heavy (non-hydrogen) atoms. The van der Waals surface area contributed by atoms with Gasteiger partial charge in [0.15, 0.2) is 0 Å². The summed E-state index contributed by atoms with van der Waals surface area (Å²) in [7, 11) is 4.30. The van der Waals surface area contributed by atoms with Crippen LogP contribution in [-0.4, -0.2) is 83.8 Å². The van der Waals surface area contributed by atoms with Gasteiger partial charge in [-0.3, -0.25) is 9.59 Å². The highest BCUT2D eigenvalue weighted by Crippen LogP contribution is 2.40. The number of halogens is 1. The van der Waals surface area contributed by atoms with E-state index < -0.39 is 11.8 Å². The van der Waals surface area contributed by atoms with Crippen molar-refractivity contribution in [3.63, 3.8) is 0 Å². The van der Waals surface area contributed by atoms with Gasteiger partial charge in [0.2, 0.25) is 11.8 Å². The van der Waals surface area contributed by atoms with Gasteiger partial charge in [-0.1, -0.05) is 114 Å². The van der Waals surface area contributed by atoms with E-state index in [0.717, 1.165) is 74.1 Å². The summed E-state index contributed by atoms with van der Waals surface area (Å²) in [6, 6.07) is 34.7. The molecule has 4 aromatic carbocycles. The van der Waals surface area contributed by atoms with E-state index in [0.29, 0.717) is 18.1 Å². The molecule has 6 rings (SSSR count). The summed E-state index contributed by atoms with van der Waals surface area (Å²) in [4.78, 5) is 40.1. The van der Waals surface area contributed by atoms with Crippen molar-refractivity contribution in [3.05, 3.63) is 142 Å². The van der Waals surface area contributed by atoms with Crippen LogP contribution in [0.25, 0.3) is 0 Å². The van der Waals surface area contributed by atoms with E-state index >= 15 is 9.59 Å². The zero-order valence-electron chi connectivity index (χ0n) is 30.7. The Kier molecular flexibility index (Phi) is 12.3. The molecule has 2 fully saturated rings. The molecule has 4 aromatic rings. The van der Waals surface area contributed by atoms with Crippen LogP contribution >= 0.6 is 11.6 Å². The first kappa shape index (κ1) is 36.8. The molecule has 2 amide bonds. The van der Waals surface area contributed by atoms with Gasteiger partial charge in [0.1, 0.15) is 0 Å². The van der Waals surface area contributed by atoms with Crippen molar-refractivity contribution in [2.45, 2.75) is 76.5 Å². The van der Waals surface area contributed by atoms with E-state index in [-0.39, 0.29) is 23.9 Å². The molecule has 0 N–H and O–H groups in total. The standard InChI is InChI=1S/C44H53ClN4O2/c1-32-10-14-34(15-11-32)30-48(39-22-26-46(3)27-23-39)43(50)41(36-8-6-5-7-9-36)42(37-18-20-38(45)21-19-37)44(51)49(40-24-28-47(4)29-25-40)31-35-16-12-33(2)13-17-35/h5-21,39-42H,22-31H2,1-4H3. The highest BCUT2D eigenvalue weighted by molar-refractivity contribution is 6.30. The van der Waals surface area contributed by atoms with Crippen LogP contribution < -0.4 is 0 Å². The van der Waals surface area contributed by atoms with Gasteiger partial charge in [0.25, 0.3) is 0 Å². The molecule has 6 nitrogen and oxygen atoms in total. The fraction of sp³-hybridized carbons (Fsp3) is 0.409. The second-order valence-electron chi connectivity index (χ2n) is 14.9. The smallest absolute Gasteiger partial charge is 0.231 e. The number of hydrogen-bond acceptors (Lipinski definition) is 4. The number of hydrogen-bond donors (Lipinski definition) is 0. The summed E-state index contributed by atoms with van der Waals surface area (Å²) >= 11 is 6.46. The van der Waals surface area contributed by atoms with Crippen LogP contribution in [-0.2, 0) is 22.7 Å². The highest BCUT2D eigenvalue weighted by atomic mass is 35.5. The third kappa shape index (κ3) is 9.29. The zero-order valence-corrected chi connectivity index (χ0v) is 31.4. The third-order valence-corrected chi connectivity index (χ3v) is 11.3. The van der Waals surface area contributed by atoms with Gasteiger partial charge in [-0.25, -0.2) is 0 Å². The Hall–Kier alpha value is -3.97. The lowest BCUT2D eigenvalue weighted by atomic mass is 9.78. The minimum atomic E-state index is -0.742. The number of aryl methyl sites for hydroxylation is 2. The Bertz CT molecular complexity index is 1710. The quantitative estimate of drug-likeness (QED) is 0.159. The van der Waals surface area contributed by atoms with Crippen LogP contribution in [0.2, 0.25) is 5.02 Å². The van der Waals surface area contributed by atoms with Crippen molar-refractivity contribution in [1.82, 2.24) is 19.6 Å². The normalized spacial score (nSPS) is 17.5. The number of carbonyl (C=O) groups is 2. The van der Waals surface area contributed by atoms with Crippen molar-refractivity contribution in [1.29, 1.82) is 0 Å². The number of benzene rings is 4. The molecule has 2 saturated heterocycles. The molecular weight excluding hydrogens is 652 g/mol. The summed E-state index contributed by atoms with van der Waals surface area (Å²) in [6.07, 6.45) is 3.57. The number of nitrogens with zero attached hydrogens (tertiary/aromatic N) is 4. The van der Waals surface area contributed by atoms with Gasteiger partial charge in [0.05, 0.1) is 11.8 Å². The number of rotatable bonds is 11. The van der Waals surface area contributed by atoms with Gasteiger partial charge < -0.3 is 19.6 Å². The lowest BCUT2D eigenvalue weighted by molar-refractivity contribution is -0.144. The summed E-state index contributed by atoms with van der Waals surface area (Å²) in [6.45, 7) is 8.88. The maximum atomic E-state index is 15.6. The summed E-state index contributed by atoms with van der Waals surface area (Å²) in [5, 5.41) is 0.603. The number of piperidine rings is 2. The molecule has 0 radical (unpaired) electrons. The van der Waals surface area contributed by atoms with Crippen LogP contribution in [0.15, 0.2) is 103 Å². The van der Waals surface area contributed by atoms with E-state index in [1.54, 1.807) is 0 Å². The molecule has 0 spiro atoms. The fourth-order valence-corrected chi connectivity index (χ4v) is 7.94. The molecule has 0 saturated carbocycles. The zero-order chi connectivity index (χ0) is 35.9. The lowest BCUT2D eigenvalue weighted by Gasteiger charge is -2.43. The second kappa shape index (κ2) is 17.0. The predicted octanol–water partition coefficient (Wildman–Crippen LogP) is 8.07. The number of amides is 2. The van der Waals surface area contributed by atoms with E-state index in [2.05, 4.69) is 96.1 Å². The van der Waals surface area contributed by atoms with E-state index in [1.807, 2.05) is 54.6 Å². The molecule has 2 unspecified atom stereocenters. The first-order valence-electron chi connectivity index (χ1n) is 18.6. The highest BCUT2D eigenvalue weighted by Gasteiger charge is 2.43. The van der Waals surface area contributed by atoms with Crippen molar-refractivity contribution < 1.29 is 9.59 Å².